The number of hydrogen-bond donors (Lipinski definition) is 0. The lowest BCUT2D eigenvalue weighted by atomic mass is 10.0. The summed E-state index contributed by atoms with van der Waals surface area (Å²) in [7, 11) is 0. The van der Waals surface area contributed by atoms with Crippen molar-refractivity contribution in [1.82, 2.24) is 4.98 Å². The maximum Gasteiger partial charge on any atom is 0.193 e. The molecule has 17 heavy (non-hydrogen) atoms. The Morgan fingerprint density at radius 2 is 2.06 bits per heavy atom. The highest BCUT2D eigenvalue weighted by Gasteiger charge is 2.09. The van der Waals surface area contributed by atoms with E-state index in [2.05, 4.69) is 4.98 Å². The van der Waals surface area contributed by atoms with E-state index in [-0.39, 0.29) is 5.78 Å². The molecule has 1 aromatic carbocycles. The normalized spacial score (nSPS) is 10.6. The van der Waals surface area contributed by atoms with E-state index in [0.717, 1.165) is 16.5 Å². The van der Waals surface area contributed by atoms with Crippen LogP contribution in [0.25, 0.3) is 10.9 Å². The Morgan fingerprint density at radius 1 is 1.12 bits per heavy atom. The lowest BCUT2D eigenvalue weighted by Crippen LogP contribution is -1.99. The molecule has 0 radical (unpaired) electrons. The van der Waals surface area contributed by atoms with Gasteiger partial charge in [0.25, 0.3) is 0 Å². The van der Waals surface area contributed by atoms with Gasteiger partial charge in [0.1, 0.15) is 0 Å². The Balaban J connectivity index is 2.09. The number of hydrogen-bond acceptors (Lipinski definition) is 3. The minimum atomic E-state index is 0.0667. The van der Waals surface area contributed by atoms with Crippen LogP contribution >= 0.6 is 11.3 Å². The Bertz CT molecular complexity index is 674. The van der Waals surface area contributed by atoms with E-state index in [0.29, 0.717) is 5.56 Å². The Kier molecular flexibility index (Phi) is 2.46. The van der Waals surface area contributed by atoms with E-state index in [1.807, 2.05) is 47.2 Å². The highest BCUT2D eigenvalue weighted by atomic mass is 32.1. The SMILES string of the molecule is O=C(c1ccsc1)c1ccc2ncccc2c1. The molecule has 0 bridgehead atoms. The molecule has 0 aliphatic rings. The number of carbonyl (C=O) groups is 1. The van der Waals surface area contributed by atoms with E-state index in [1.54, 1.807) is 6.20 Å². The van der Waals surface area contributed by atoms with Crippen LogP contribution in [0.3, 0.4) is 0 Å². The molecule has 2 aromatic heterocycles. The molecule has 3 rings (SSSR count). The van der Waals surface area contributed by atoms with Gasteiger partial charge in [0.05, 0.1) is 5.52 Å². The molecule has 0 saturated carbocycles. The van der Waals surface area contributed by atoms with Crippen molar-refractivity contribution in [3.63, 3.8) is 0 Å². The van der Waals surface area contributed by atoms with Crippen LogP contribution < -0.4 is 0 Å². The summed E-state index contributed by atoms with van der Waals surface area (Å²) in [5, 5.41) is 4.78. The van der Waals surface area contributed by atoms with E-state index >= 15 is 0 Å². The summed E-state index contributed by atoms with van der Waals surface area (Å²) in [6.45, 7) is 0. The number of nitrogens with zero attached hydrogens (tertiary/aromatic N) is 1. The van der Waals surface area contributed by atoms with Gasteiger partial charge in [0.2, 0.25) is 0 Å². The van der Waals surface area contributed by atoms with Gasteiger partial charge >= 0.3 is 0 Å². The number of fused-ring (bicyclic) bond motifs is 1. The molecule has 0 aliphatic carbocycles. The second-order valence-corrected chi connectivity index (χ2v) is 4.53. The van der Waals surface area contributed by atoms with Gasteiger partial charge in [-0.1, -0.05) is 6.07 Å². The molecule has 3 aromatic rings. The molecule has 0 aliphatic heterocycles. The first-order valence-electron chi connectivity index (χ1n) is 5.26. The fourth-order valence-corrected chi connectivity index (χ4v) is 2.41. The molecule has 82 valence electrons. The van der Waals surface area contributed by atoms with E-state index in [9.17, 15) is 4.79 Å². The highest BCUT2D eigenvalue weighted by molar-refractivity contribution is 7.08. The zero-order valence-electron chi connectivity index (χ0n) is 8.96. The lowest BCUT2D eigenvalue weighted by Gasteiger charge is -2.01. The largest absolute Gasteiger partial charge is 0.289 e. The monoisotopic (exact) mass is 239 g/mol. The number of carbonyl (C=O) groups excluding carboxylic acids is 1. The number of aromatic nitrogens is 1. The first-order chi connectivity index (χ1) is 8.34. The third kappa shape index (κ3) is 1.85. The van der Waals surface area contributed by atoms with Crippen molar-refractivity contribution in [3.05, 3.63) is 64.5 Å². The first-order valence-corrected chi connectivity index (χ1v) is 6.20. The van der Waals surface area contributed by atoms with Crippen LogP contribution in [-0.2, 0) is 0 Å². The standard InChI is InChI=1S/C14H9NOS/c16-14(12-5-7-17-9-12)11-3-4-13-10(8-11)2-1-6-15-13/h1-9H. The predicted octanol–water partition coefficient (Wildman–Crippen LogP) is 3.53. The number of pyridine rings is 1. The summed E-state index contributed by atoms with van der Waals surface area (Å²) in [6.07, 6.45) is 1.75. The molecule has 0 amide bonds. The van der Waals surface area contributed by atoms with Gasteiger partial charge in [-0.15, -0.1) is 0 Å². The van der Waals surface area contributed by atoms with Crippen LogP contribution in [0.4, 0.5) is 0 Å². The summed E-state index contributed by atoms with van der Waals surface area (Å²) in [4.78, 5) is 16.4. The van der Waals surface area contributed by atoms with Crippen molar-refractivity contribution in [2.45, 2.75) is 0 Å². The second kappa shape index (κ2) is 4.11. The average molecular weight is 239 g/mol. The Hall–Kier alpha value is -2.00. The maximum atomic E-state index is 12.1. The van der Waals surface area contributed by atoms with Gasteiger partial charge in [-0.2, -0.15) is 11.3 Å². The molecule has 0 atom stereocenters. The van der Waals surface area contributed by atoms with E-state index in [4.69, 9.17) is 0 Å². The minimum Gasteiger partial charge on any atom is -0.289 e. The molecular formula is C14H9NOS. The molecule has 0 fully saturated rings. The van der Waals surface area contributed by atoms with Gasteiger partial charge in [-0.05, 0) is 35.7 Å². The maximum absolute atomic E-state index is 12.1. The lowest BCUT2D eigenvalue weighted by molar-refractivity contribution is 0.103. The molecule has 0 saturated heterocycles. The van der Waals surface area contributed by atoms with Crippen LogP contribution in [0, 0.1) is 0 Å². The topological polar surface area (TPSA) is 30.0 Å². The number of ketones is 1. The third-order valence-corrected chi connectivity index (χ3v) is 3.33. The molecule has 0 N–H and O–H groups in total. The Labute approximate surface area is 103 Å². The summed E-state index contributed by atoms with van der Waals surface area (Å²) < 4.78 is 0. The van der Waals surface area contributed by atoms with Gasteiger partial charge in [0, 0.05) is 28.1 Å². The number of thiophene rings is 1. The van der Waals surface area contributed by atoms with Crippen LogP contribution in [0.15, 0.2) is 53.4 Å². The van der Waals surface area contributed by atoms with E-state index in [1.165, 1.54) is 11.3 Å². The molecule has 0 unspecified atom stereocenters. The predicted molar refractivity (Wildman–Crippen MR) is 69.5 cm³/mol. The van der Waals surface area contributed by atoms with Crippen LogP contribution in [0.1, 0.15) is 15.9 Å². The summed E-state index contributed by atoms with van der Waals surface area (Å²) in [6, 6.07) is 11.3. The number of rotatable bonds is 2. The fraction of sp³-hybridized carbons (Fsp3) is 0. The van der Waals surface area contributed by atoms with Gasteiger partial charge < -0.3 is 0 Å². The minimum absolute atomic E-state index is 0.0667. The molecule has 0 spiro atoms. The van der Waals surface area contributed by atoms with Crippen LogP contribution in [0.2, 0.25) is 0 Å². The van der Waals surface area contributed by atoms with Crippen molar-refractivity contribution in [2.24, 2.45) is 0 Å². The second-order valence-electron chi connectivity index (χ2n) is 3.75. The quantitative estimate of drug-likeness (QED) is 0.640. The van der Waals surface area contributed by atoms with Crippen molar-refractivity contribution in [2.75, 3.05) is 0 Å². The summed E-state index contributed by atoms with van der Waals surface area (Å²) in [5.74, 6) is 0.0667. The Morgan fingerprint density at radius 3 is 2.88 bits per heavy atom. The van der Waals surface area contributed by atoms with Crippen LogP contribution in [0.5, 0.6) is 0 Å². The summed E-state index contributed by atoms with van der Waals surface area (Å²) in [5.41, 5.74) is 2.37. The van der Waals surface area contributed by atoms with Gasteiger partial charge in [-0.3, -0.25) is 9.78 Å². The smallest absolute Gasteiger partial charge is 0.193 e. The molecule has 2 heterocycles. The zero-order chi connectivity index (χ0) is 11.7. The fourth-order valence-electron chi connectivity index (χ4n) is 1.78. The zero-order valence-corrected chi connectivity index (χ0v) is 9.78. The van der Waals surface area contributed by atoms with Gasteiger partial charge in [-0.25, -0.2) is 0 Å². The van der Waals surface area contributed by atoms with Crippen molar-refractivity contribution >= 4 is 28.0 Å². The van der Waals surface area contributed by atoms with Crippen molar-refractivity contribution in [3.8, 4) is 0 Å². The van der Waals surface area contributed by atoms with Gasteiger partial charge in [0.15, 0.2) is 5.78 Å². The molecule has 2 nitrogen and oxygen atoms in total. The summed E-state index contributed by atoms with van der Waals surface area (Å²) >= 11 is 1.53. The molecular weight excluding hydrogens is 230 g/mol. The van der Waals surface area contributed by atoms with Crippen molar-refractivity contribution < 1.29 is 4.79 Å². The van der Waals surface area contributed by atoms with Crippen LogP contribution in [-0.4, -0.2) is 10.8 Å². The first kappa shape index (κ1) is 10.2. The molecule has 3 heteroatoms. The third-order valence-electron chi connectivity index (χ3n) is 2.65. The van der Waals surface area contributed by atoms with E-state index < -0.39 is 0 Å². The van der Waals surface area contributed by atoms with Crippen molar-refractivity contribution in [1.29, 1.82) is 0 Å². The average Bonchev–Trinajstić information content (AvgIpc) is 2.91. The number of benzene rings is 1. The highest BCUT2D eigenvalue weighted by Crippen LogP contribution is 2.17.